The third kappa shape index (κ3) is 3.58. The Morgan fingerprint density at radius 3 is 2.67 bits per heavy atom. The van der Waals surface area contributed by atoms with E-state index in [1.54, 1.807) is 0 Å². The molecule has 2 atom stereocenters. The van der Waals surface area contributed by atoms with Crippen molar-refractivity contribution in [3.8, 4) is 0 Å². The molecule has 0 N–H and O–H groups in total. The van der Waals surface area contributed by atoms with Crippen LogP contribution in [0.25, 0.3) is 0 Å². The number of carbonyl (C=O) groups excluding carboxylic acids is 1. The van der Waals surface area contributed by atoms with Gasteiger partial charge in [-0.2, -0.15) is 0 Å². The van der Waals surface area contributed by atoms with Gasteiger partial charge in [-0.1, -0.05) is 6.42 Å². The number of fused-ring (bicyclic) bond motifs is 4. The van der Waals surface area contributed by atoms with Crippen LogP contribution in [0.1, 0.15) is 55.3 Å². The number of anilines is 1. The Bertz CT molecular complexity index is 683. The van der Waals surface area contributed by atoms with Crippen molar-refractivity contribution in [2.75, 3.05) is 44.2 Å². The lowest BCUT2D eigenvalue weighted by molar-refractivity contribution is 0.0792. The van der Waals surface area contributed by atoms with Gasteiger partial charge in [0.1, 0.15) is 5.82 Å². The van der Waals surface area contributed by atoms with Crippen LogP contribution >= 0.6 is 0 Å². The number of aromatic nitrogens is 1. The van der Waals surface area contributed by atoms with Crippen molar-refractivity contribution in [3.63, 3.8) is 0 Å². The van der Waals surface area contributed by atoms with E-state index in [0.29, 0.717) is 6.04 Å². The van der Waals surface area contributed by atoms with Crippen LogP contribution < -0.4 is 4.90 Å². The number of likely N-dealkylation sites (tertiary alicyclic amines) is 1. The van der Waals surface area contributed by atoms with Gasteiger partial charge in [0.15, 0.2) is 0 Å². The number of carbonyl (C=O) groups is 1. The summed E-state index contributed by atoms with van der Waals surface area (Å²) in [5.74, 6) is 2.86. The van der Waals surface area contributed by atoms with Gasteiger partial charge in [0, 0.05) is 57.1 Å². The number of hydrogen-bond donors (Lipinski definition) is 0. The van der Waals surface area contributed by atoms with Crippen molar-refractivity contribution in [3.05, 3.63) is 23.9 Å². The molecule has 0 unspecified atom stereocenters. The molecule has 2 bridgehead atoms. The summed E-state index contributed by atoms with van der Waals surface area (Å²) >= 11 is 0. The molecule has 0 radical (unpaired) electrons. The lowest BCUT2D eigenvalue weighted by Crippen LogP contribution is -2.47. The van der Waals surface area contributed by atoms with Gasteiger partial charge >= 0.3 is 0 Å². The second kappa shape index (κ2) is 7.42. The molecular weight excluding hydrogens is 336 g/mol. The number of rotatable bonds is 4. The first-order valence-corrected chi connectivity index (χ1v) is 11.0. The summed E-state index contributed by atoms with van der Waals surface area (Å²) in [4.78, 5) is 24.7. The minimum atomic E-state index is 0.181. The van der Waals surface area contributed by atoms with Gasteiger partial charge in [-0.3, -0.25) is 9.69 Å². The first-order chi connectivity index (χ1) is 13.3. The summed E-state index contributed by atoms with van der Waals surface area (Å²) in [5.41, 5.74) is 0.810. The topological polar surface area (TPSA) is 39.7 Å². The molecule has 0 spiro atoms. The smallest absolute Gasteiger partial charge is 0.254 e. The molecule has 146 valence electrons. The Morgan fingerprint density at radius 1 is 1.04 bits per heavy atom. The largest absolute Gasteiger partial charge is 0.355 e. The average Bonchev–Trinajstić information content (AvgIpc) is 3.05. The number of amides is 1. The van der Waals surface area contributed by atoms with Crippen molar-refractivity contribution >= 4 is 11.7 Å². The molecule has 5 fully saturated rings. The third-order valence-corrected chi connectivity index (χ3v) is 7.25. The predicted octanol–water partition coefficient (Wildman–Crippen LogP) is 3.02. The molecule has 4 aliphatic heterocycles. The molecule has 1 amide bonds. The van der Waals surface area contributed by atoms with Crippen LogP contribution in [0.2, 0.25) is 0 Å². The Hall–Kier alpha value is -1.62. The van der Waals surface area contributed by atoms with Crippen molar-refractivity contribution in [2.45, 2.75) is 51.0 Å². The van der Waals surface area contributed by atoms with E-state index >= 15 is 0 Å². The summed E-state index contributed by atoms with van der Waals surface area (Å²) in [7, 11) is 0. The summed E-state index contributed by atoms with van der Waals surface area (Å²) < 4.78 is 0. The van der Waals surface area contributed by atoms with Crippen LogP contribution in [0.4, 0.5) is 5.82 Å². The fourth-order valence-corrected chi connectivity index (χ4v) is 5.42. The van der Waals surface area contributed by atoms with Crippen LogP contribution in [0.15, 0.2) is 18.3 Å². The number of hydrogen-bond acceptors (Lipinski definition) is 4. The van der Waals surface area contributed by atoms with Gasteiger partial charge in [-0.05, 0) is 62.5 Å². The molecule has 1 aromatic heterocycles. The fraction of sp³-hybridized carbons (Fsp3) is 0.727. The second-order valence-corrected chi connectivity index (χ2v) is 9.16. The van der Waals surface area contributed by atoms with Crippen molar-refractivity contribution in [2.24, 2.45) is 11.8 Å². The molecule has 5 heterocycles. The molecule has 5 aliphatic rings. The summed E-state index contributed by atoms with van der Waals surface area (Å²) in [6.07, 6.45) is 11.1. The average molecular weight is 369 g/mol. The van der Waals surface area contributed by atoms with Gasteiger partial charge in [0.2, 0.25) is 0 Å². The van der Waals surface area contributed by atoms with Gasteiger partial charge in [-0.15, -0.1) is 0 Å². The molecule has 1 saturated carbocycles. The fourth-order valence-electron chi connectivity index (χ4n) is 5.42. The van der Waals surface area contributed by atoms with Crippen molar-refractivity contribution in [1.82, 2.24) is 14.8 Å². The van der Waals surface area contributed by atoms with Gasteiger partial charge < -0.3 is 9.80 Å². The van der Waals surface area contributed by atoms with E-state index in [1.165, 1.54) is 45.2 Å². The normalized spacial score (nSPS) is 29.0. The maximum absolute atomic E-state index is 12.8. The molecule has 5 heteroatoms. The van der Waals surface area contributed by atoms with E-state index < -0.39 is 0 Å². The summed E-state index contributed by atoms with van der Waals surface area (Å²) in [6, 6.07) is 4.59. The van der Waals surface area contributed by atoms with Crippen LogP contribution in [-0.2, 0) is 0 Å². The number of piperidine rings is 1. The number of nitrogens with zero attached hydrogens (tertiary/aromatic N) is 4. The number of pyridine rings is 1. The van der Waals surface area contributed by atoms with E-state index in [0.717, 1.165) is 62.2 Å². The molecule has 1 aromatic rings. The van der Waals surface area contributed by atoms with Crippen LogP contribution in [-0.4, -0.2) is 66.0 Å². The maximum atomic E-state index is 12.8. The zero-order chi connectivity index (χ0) is 18.2. The van der Waals surface area contributed by atoms with Crippen LogP contribution in [0, 0.1) is 11.8 Å². The molecule has 5 nitrogen and oxygen atoms in total. The lowest BCUT2D eigenvalue weighted by atomic mass is 9.83. The van der Waals surface area contributed by atoms with E-state index in [2.05, 4.69) is 14.8 Å². The first-order valence-electron chi connectivity index (χ1n) is 11.0. The van der Waals surface area contributed by atoms with Crippen LogP contribution in [0.3, 0.4) is 0 Å². The molecule has 4 saturated heterocycles. The highest BCUT2D eigenvalue weighted by Crippen LogP contribution is 2.34. The predicted molar refractivity (Wildman–Crippen MR) is 107 cm³/mol. The van der Waals surface area contributed by atoms with Crippen molar-refractivity contribution < 1.29 is 4.79 Å². The zero-order valence-corrected chi connectivity index (χ0v) is 16.4. The monoisotopic (exact) mass is 368 g/mol. The highest BCUT2D eigenvalue weighted by molar-refractivity contribution is 5.95. The summed E-state index contributed by atoms with van der Waals surface area (Å²) in [6.45, 7) is 6.52. The van der Waals surface area contributed by atoms with Gasteiger partial charge in [0.25, 0.3) is 5.91 Å². The van der Waals surface area contributed by atoms with Gasteiger partial charge in [-0.25, -0.2) is 4.98 Å². The van der Waals surface area contributed by atoms with Crippen molar-refractivity contribution in [1.29, 1.82) is 0 Å². The Balaban J connectivity index is 1.31. The summed E-state index contributed by atoms with van der Waals surface area (Å²) in [5, 5.41) is 0. The quantitative estimate of drug-likeness (QED) is 0.819. The van der Waals surface area contributed by atoms with E-state index in [4.69, 9.17) is 0 Å². The highest BCUT2D eigenvalue weighted by atomic mass is 16.2. The minimum absolute atomic E-state index is 0.181. The maximum Gasteiger partial charge on any atom is 0.254 e. The van der Waals surface area contributed by atoms with Crippen LogP contribution in [0.5, 0.6) is 0 Å². The lowest BCUT2D eigenvalue weighted by Gasteiger charge is -2.40. The third-order valence-electron chi connectivity index (χ3n) is 7.25. The SMILES string of the molecule is O=C(c1ccnc(N2C[C@@H]3CC[C@H](C2)N(CC2CCC2)C3)c1)N1CCCC1. The Morgan fingerprint density at radius 2 is 1.89 bits per heavy atom. The molecule has 6 rings (SSSR count). The molecular formula is C22H32N4O. The van der Waals surface area contributed by atoms with E-state index in [-0.39, 0.29) is 5.91 Å². The Kier molecular flexibility index (Phi) is 4.80. The van der Waals surface area contributed by atoms with E-state index in [9.17, 15) is 4.79 Å². The second-order valence-electron chi connectivity index (χ2n) is 9.16. The first kappa shape index (κ1) is 17.5. The molecule has 0 aromatic carbocycles. The molecule has 1 aliphatic carbocycles. The minimum Gasteiger partial charge on any atom is -0.355 e. The van der Waals surface area contributed by atoms with E-state index in [1.807, 2.05) is 23.2 Å². The highest BCUT2D eigenvalue weighted by Gasteiger charge is 2.37. The Labute approximate surface area is 162 Å². The molecule has 27 heavy (non-hydrogen) atoms. The van der Waals surface area contributed by atoms with Gasteiger partial charge in [0.05, 0.1) is 0 Å². The zero-order valence-electron chi connectivity index (χ0n) is 16.4. The standard InChI is InChI=1S/C22H32N4O/c27-22(24-10-1-2-11-24)19-8-9-23-21(12-19)26-15-18-6-7-20(16-26)25(14-18)13-17-4-3-5-17/h8-9,12,17-18,20H,1-7,10-11,13-16H2/t18-,20-/m1/s1.